The van der Waals surface area contributed by atoms with Crippen LogP contribution in [0.5, 0.6) is 0 Å². The third-order valence-electron chi connectivity index (χ3n) is 6.61. The van der Waals surface area contributed by atoms with Crippen molar-refractivity contribution < 1.29 is 9.18 Å². The normalized spacial score (nSPS) is 18.9. The van der Waals surface area contributed by atoms with Gasteiger partial charge in [0.1, 0.15) is 17.5 Å². The smallest absolute Gasteiger partial charge is 0.228 e. The summed E-state index contributed by atoms with van der Waals surface area (Å²) in [4.78, 5) is 31.4. The van der Waals surface area contributed by atoms with E-state index in [-0.39, 0.29) is 17.8 Å². The molecule has 0 N–H and O–H groups in total. The van der Waals surface area contributed by atoms with Crippen LogP contribution in [0.2, 0.25) is 0 Å². The highest BCUT2D eigenvalue weighted by molar-refractivity contribution is 5.95. The first-order valence-electron chi connectivity index (χ1n) is 11.6. The van der Waals surface area contributed by atoms with E-state index in [0.717, 1.165) is 66.5 Å². The molecular formula is C26H28FN5O. The Morgan fingerprint density at radius 3 is 2.67 bits per heavy atom. The number of piperidine rings is 1. The first-order chi connectivity index (χ1) is 16.1. The monoisotopic (exact) mass is 445 g/mol. The van der Waals surface area contributed by atoms with Gasteiger partial charge in [0.2, 0.25) is 5.91 Å². The highest BCUT2D eigenvalue weighted by atomic mass is 19.1. The third kappa shape index (κ3) is 4.64. The lowest BCUT2D eigenvalue weighted by molar-refractivity contribution is -0.119. The van der Waals surface area contributed by atoms with Gasteiger partial charge in [-0.15, -0.1) is 0 Å². The van der Waals surface area contributed by atoms with Gasteiger partial charge in [-0.3, -0.25) is 19.6 Å². The van der Waals surface area contributed by atoms with Crippen LogP contribution in [-0.2, 0) is 24.3 Å². The minimum absolute atomic E-state index is 0.0709. The number of fused-ring (bicyclic) bond motifs is 1. The topological polar surface area (TPSA) is 62.2 Å². The molecule has 1 amide bonds. The van der Waals surface area contributed by atoms with Crippen LogP contribution in [0.1, 0.15) is 60.1 Å². The summed E-state index contributed by atoms with van der Waals surface area (Å²) in [6.45, 7) is 4.09. The fourth-order valence-electron chi connectivity index (χ4n) is 4.87. The number of pyridine rings is 1. The van der Waals surface area contributed by atoms with Gasteiger partial charge in [0, 0.05) is 30.4 Å². The van der Waals surface area contributed by atoms with Crippen LogP contribution < -0.4 is 4.90 Å². The molecule has 6 nitrogen and oxygen atoms in total. The Balaban J connectivity index is 1.47. The van der Waals surface area contributed by atoms with E-state index in [1.807, 2.05) is 37.3 Å². The molecule has 170 valence electrons. The molecule has 33 heavy (non-hydrogen) atoms. The molecule has 0 spiro atoms. The van der Waals surface area contributed by atoms with Crippen LogP contribution in [0.25, 0.3) is 0 Å². The molecule has 0 bridgehead atoms. The molecule has 5 rings (SSSR count). The summed E-state index contributed by atoms with van der Waals surface area (Å²) in [5.74, 6) is 1.35. The fourth-order valence-corrected chi connectivity index (χ4v) is 4.87. The van der Waals surface area contributed by atoms with E-state index in [0.29, 0.717) is 19.4 Å². The number of amides is 1. The van der Waals surface area contributed by atoms with Gasteiger partial charge in [0.15, 0.2) is 0 Å². The molecule has 1 aromatic carbocycles. The summed E-state index contributed by atoms with van der Waals surface area (Å²) in [5.41, 5.74) is 3.91. The second kappa shape index (κ2) is 9.35. The van der Waals surface area contributed by atoms with E-state index in [2.05, 4.69) is 9.88 Å². The van der Waals surface area contributed by atoms with Crippen molar-refractivity contribution in [3.8, 4) is 0 Å². The van der Waals surface area contributed by atoms with Gasteiger partial charge in [0.05, 0.1) is 18.3 Å². The second-order valence-corrected chi connectivity index (χ2v) is 8.88. The highest BCUT2D eigenvalue weighted by Gasteiger charge is 2.32. The lowest BCUT2D eigenvalue weighted by Gasteiger charge is -2.36. The molecule has 3 aromatic rings. The Bertz CT molecular complexity index is 1140. The van der Waals surface area contributed by atoms with Crippen LogP contribution in [0, 0.1) is 12.7 Å². The lowest BCUT2D eigenvalue weighted by Crippen LogP contribution is -2.38. The number of nitrogens with zero attached hydrogens (tertiary/aromatic N) is 5. The molecule has 4 heterocycles. The average Bonchev–Trinajstić information content (AvgIpc) is 2.83. The van der Waals surface area contributed by atoms with Gasteiger partial charge in [-0.1, -0.05) is 24.6 Å². The van der Waals surface area contributed by atoms with Crippen molar-refractivity contribution in [3.63, 3.8) is 0 Å². The molecule has 1 unspecified atom stereocenters. The summed E-state index contributed by atoms with van der Waals surface area (Å²) < 4.78 is 13.4. The Kier molecular flexibility index (Phi) is 6.13. The lowest BCUT2D eigenvalue weighted by atomic mass is 9.98. The van der Waals surface area contributed by atoms with E-state index >= 15 is 0 Å². The maximum absolute atomic E-state index is 13.4. The van der Waals surface area contributed by atoms with Gasteiger partial charge in [-0.2, -0.15) is 0 Å². The number of anilines is 1. The van der Waals surface area contributed by atoms with Gasteiger partial charge < -0.3 is 0 Å². The minimum atomic E-state index is -0.222. The average molecular weight is 446 g/mol. The number of carbonyl (C=O) groups excluding carboxylic acids is 1. The summed E-state index contributed by atoms with van der Waals surface area (Å²) in [6.07, 6.45) is 6.07. The molecule has 1 fully saturated rings. The van der Waals surface area contributed by atoms with Crippen LogP contribution >= 0.6 is 0 Å². The molecule has 2 aliphatic rings. The molecule has 0 radical (unpaired) electrons. The molecule has 0 aliphatic carbocycles. The predicted octanol–water partition coefficient (Wildman–Crippen LogP) is 4.53. The van der Waals surface area contributed by atoms with Crippen molar-refractivity contribution >= 4 is 11.7 Å². The van der Waals surface area contributed by atoms with Crippen LogP contribution in [0.15, 0.2) is 48.7 Å². The Morgan fingerprint density at radius 2 is 1.88 bits per heavy atom. The van der Waals surface area contributed by atoms with Crippen molar-refractivity contribution in [2.75, 3.05) is 11.4 Å². The van der Waals surface area contributed by atoms with Crippen molar-refractivity contribution in [1.29, 1.82) is 0 Å². The van der Waals surface area contributed by atoms with E-state index in [4.69, 9.17) is 9.97 Å². The van der Waals surface area contributed by atoms with E-state index in [1.165, 1.54) is 12.1 Å². The summed E-state index contributed by atoms with van der Waals surface area (Å²) >= 11 is 0. The fraction of sp³-hybridized carbons (Fsp3) is 0.385. The summed E-state index contributed by atoms with van der Waals surface area (Å²) in [7, 11) is 0. The number of aryl methyl sites for hydroxylation is 1. The number of carbonyl (C=O) groups is 1. The number of benzene rings is 1. The zero-order valence-electron chi connectivity index (χ0n) is 18.9. The summed E-state index contributed by atoms with van der Waals surface area (Å²) in [6, 6.07) is 12.5. The van der Waals surface area contributed by atoms with Crippen molar-refractivity contribution in [1.82, 2.24) is 19.9 Å². The number of hydrogen-bond donors (Lipinski definition) is 0. The molecular weight excluding hydrogens is 417 g/mol. The largest absolute Gasteiger partial charge is 0.290 e. The zero-order chi connectivity index (χ0) is 22.8. The van der Waals surface area contributed by atoms with Crippen molar-refractivity contribution in [2.45, 2.75) is 58.2 Å². The van der Waals surface area contributed by atoms with Crippen molar-refractivity contribution in [2.24, 2.45) is 0 Å². The third-order valence-corrected chi connectivity index (χ3v) is 6.61. The maximum atomic E-state index is 13.4. The number of aromatic nitrogens is 3. The number of hydrogen-bond acceptors (Lipinski definition) is 5. The minimum Gasteiger partial charge on any atom is -0.290 e. The molecule has 2 aliphatic heterocycles. The first kappa shape index (κ1) is 21.6. The van der Waals surface area contributed by atoms with E-state index < -0.39 is 0 Å². The summed E-state index contributed by atoms with van der Waals surface area (Å²) in [5, 5.41) is 0. The molecule has 2 aromatic heterocycles. The van der Waals surface area contributed by atoms with Crippen LogP contribution in [0.3, 0.4) is 0 Å². The highest BCUT2D eigenvalue weighted by Crippen LogP contribution is 2.35. The quantitative estimate of drug-likeness (QED) is 0.578. The van der Waals surface area contributed by atoms with Crippen molar-refractivity contribution in [3.05, 3.63) is 82.8 Å². The molecule has 7 heteroatoms. The molecule has 1 atom stereocenters. The standard InChI is InChI=1S/C26H28FN5O/c1-18-22-12-13-24(33)32(17-21-6-2-4-14-28-21)26(22)30-25(29-18)23-7-3-5-15-31(23)16-19-8-10-20(27)11-9-19/h2,4,6,8-11,14,23H,3,5,7,12-13,15-17H2,1H3. The molecule has 0 saturated carbocycles. The Morgan fingerprint density at radius 1 is 1.03 bits per heavy atom. The zero-order valence-corrected chi connectivity index (χ0v) is 18.9. The van der Waals surface area contributed by atoms with Gasteiger partial charge in [-0.25, -0.2) is 14.4 Å². The van der Waals surface area contributed by atoms with Gasteiger partial charge >= 0.3 is 0 Å². The molecule has 1 saturated heterocycles. The number of likely N-dealkylation sites (tertiary alicyclic amines) is 1. The number of rotatable bonds is 5. The van der Waals surface area contributed by atoms with Crippen LogP contribution in [0.4, 0.5) is 10.2 Å². The van der Waals surface area contributed by atoms with Gasteiger partial charge in [-0.05, 0) is 62.6 Å². The first-order valence-corrected chi connectivity index (χ1v) is 11.6. The second-order valence-electron chi connectivity index (χ2n) is 8.88. The predicted molar refractivity (Wildman–Crippen MR) is 124 cm³/mol. The van der Waals surface area contributed by atoms with E-state index in [9.17, 15) is 9.18 Å². The maximum Gasteiger partial charge on any atom is 0.228 e. The van der Waals surface area contributed by atoms with Crippen LogP contribution in [-0.4, -0.2) is 32.3 Å². The Labute approximate surface area is 193 Å². The van der Waals surface area contributed by atoms with Gasteiger partial charge in [0.25, 0.3) is 0 Å². The Hall–Kier alpha value is -3.19. The SMILES string of the molecule is Cc1nc(C2CCCCN2Cc2ccc(F)cc2)nc2c1CCC(=O)N2Cc1ccccn1. The number of halogens is 1. The van der Waals surface area contributed by atoms with E-state index in [1.54, 1.807) is 11.1 Å².